The zero-order valence-electron chi connectivity index (χ0n) is 20.5. The molecule has 9 nitrogen and oxygen atoms in total. The van der Waals surface area contributed by atoms with E-state index in [0.29, 0.717) is 21.8 Å². The molecule has 0 radical (unpaired) electrons. The predicted molar refractivity (Wildman–Crippen MR) is 141 cm³/mol. The highest BCUT2D eigenvalue weighted by atomic mass is 35.5. The van der Waals surface area contributed by atoms with Gasteiger partial charge in [0, 0.05) is 22.5 Å². The van der Waals surface area contributed by atoms with Crippen molar-refractivity contribution in [3.63, 3.8) is 0 Å². The molecule has 3 aromatic rings. The van der Waals surface area contributed by atoms with Crippen LogP contribution in [0.15, 0.2) is 48.7 Å². The van der Waals surface area contributed by atoms with E-state index in [4.69, 9.17) is 22.4 Å². The van der Waals surface area contributed by atoms with Crippen LogP contribution in [0.25, 0.3) is 11.3 Å². The second kappa shape index (κ2) is 12.3. The fourth-order valence-electron chi connectivity index (χ4n) is 4.67. The molecule has 1 aromatic heterocycles. The maximum absolute atomic E-state index is 15.1. The van der Waals surface area contributed by atoms with E-state index >= 15 is 4.39 Å². The Bertz CT molecular complexity index is 1320. The van der Waals surface area contributed by atoms with Crippen molar-refractivity contribution >= 4 is 29.2 Å². The average Bonchev–Trinajstić information content (AvgIpc) is 2.92. The number of carbonyl (C=O) groups excluding carboxylic acids is 2. The van der Waals surface area contributed by atoms with Gasteiger partial charge in [-0.25, -0.2) is 14.4 Å². The van der Waals surface area contributed by atoms with E-state index in [-0.39, 0.29) is 29.9 Å². The van der Waals surface area contributed by atoms with Crippen LogP contribution in [0, 0.1) is 5.82 Å². The van der Waals surface area contributed by atoms with Crippen molar-refractivity contribution in [3.05, 3.63) is 76.3 Å². The maximum Gasteiger partial charge on any atom is 0.254 e. The smallest absolute Gasteiger partial charge is 0.254 e. The minimum Gasteiger partial charge on any atom is -0.394 e. The zero-order chi connectivity index (χ0) is 27.2. The molecule has 0 spiro atoms. The largest absolute Gasteiger partial charge is 0.394 e. The Morgan fingerprint density at radius 1 is 1.13 bits per heavy atom. The average molecular weight is 542 g/mol. The molecular formula is C27H29ClFN5O4. The highest BCUT2D eigenvalue weighted by molar-refractivity contribution is 6.30. The number of nitrogens with two attached hydrogens (primary N) is 1. The molecule has 1 aliphatic carbocycles. The number of benzene rings is 2. The van der Waals surface area contributed by atoms with Crippen LogP contribution in [0.2, 0.25) is 5.02 Å². The summed E-state index contributed by atoms with van der Waals surface area (Å²) in [5.74, 6) is -1.62. The summed E-state index contributed by atoms with van der Waals surface area (Å²) < 4.78 is 15.1. The topological polar surface area (TPSA) is 150 Å². The predicted octanol–water partition coefficient (Wildman–Crippen LogP) is 3.12. The summed E-state index contributed by atoms with van der Waals surface area (Å²) in [5.41, 5.74) is 7.88. The van der Waals surface area contributed by atoms with Crippen LogP contribution < -0.4 is 16.4 Å². The summed E-state index contributed by atoms with van der Waals surface area (Å²) >= 11 is 6.00. The van der Waals surface area contributed by atoms with E-state index in [1.807, 2.05) is 0 Å². The lowest BCUT2D eigenvalue weighted by molar-refractivity contribution is -0.124. The molecule has 2 aromatic carbocycles. The van der Waals surface area contributed by atoms with Crippen LogP contribution in [0.4, 0.5) is 10.2 Å². The van der Waals surface area contributed by atoms with Gasteiger partial charge in [0.25, 0.3) is 5.91 Å². The van der Waals surface area contributed by atoms with Gasteiger partial charge < -0.3 is 26.6 Å². The normalized spacial score (nSPS) is 18.0. The Morgan fingerprint density at radius 3 is 2.55 bits per heavy atom. The van der Waals surface area contributed by atoms with Crippen molar-refractivity contribution < 1.29 is 24.2 Å². The Balaban J connectivity index is 1.48. The van der Waals surface area contributed by atoms with Gasteiger partial charge >= 0.3 is 0 Å². The van der Waals surface area contributed by atoms with E-state index in [2.05, 4.69) is 20.6 Å². The highest BCUT2D eigenvalue weighted by Crippen LogP contribution is 2.34. The van der Waals surface area contributed by atoms with Gasteiger partial charge in [-0.3, -0.25) is 9.59 Å². The van der Waals surface area contributed by atoms with Crippen molar-refractivity contribution in [2.75, 3.05) is 18.9 Å². The molecule has 4 rings (SSSR count). The number of aromatic nitrogens is 2. The van der Waals surface area contributed by atoms with Gasteiger partial charge in [0.1, 0.15) is 23.9 Å². The fraction of sp³-hybridized carbons (Fsp3) is 0.333. The summed E-state index contributed by atoms with van der Waals surface area (Å²) in [4.78, 5) is 33.2. The van der Waals surface area contributed by atoms with Crippen LogP contribution >= 0.6 is 11.6 Å². The quantitative estimate of drug-likeness (QED) is 0.294. The number of halogens is 2. The van der Waals surface area contributed by atoms with E-state index < -0.39 is 30.3 Å². The van der Waals surface area contributed by atoms with Gasteiger partial charge in [0.05, 0.1) is 30.1 Å². The van der Waals surface area contributed by atoms with Crippen molar-refractivity contribution in [1.82, 2.24) is 20.6 Å². The SMILES string of the molecule is Nc1ncc([C@H]2CC[C@H](NC(=O)CO)CC2)nc1-c1ccc(C(=O)N[C@H](CO)c2cccc(Cl)c2)c(F)c1. The van der Waals surface area contributed by atoms with Crippen molar-refractivity contribution in [2.24, 2.45) is 0 Å². The summed E-state index contributed by atoms with van der Waals surface area (Å²) in [5, 5.41) is 24.6. The van der Waals surface area contributed by atoms with E-state index in [1.165, 1.54) is 12.1 Å². The number of aliphatic hydroxyl groups is 2. The number of anilines is 1. The number of hydrogen-bond acceptors (Lipinski definition) is 7. The van der Waals surface area contributed by atoms with Crippen molar-refractivity contribution in [1.29, 1.82) is 0 Å². The van der Waals surface area contributed by atoms with Gasteiger partial charge in [0.2, 0.25) is 5.91 Å². The van der Waals surface area contributed by atoms with Gasteiger partial charge in [0.15, 0.2) is 0 Å². The molecule has 0 unspecified atom stereocenters. The Morgan fingerprint density at radius 2 is 1.89 bits per heavy atom. The second-order valence-corrected chi connectivity index (χ2v) is 9.70. The number of nitrogens with one attached hydrogen (secondary N) is 2. The number of aliphatic hydroxyl groups excluding tert-OH is 2. The summed E-state index contributed by atoms with van der Waals surface area (Å²) in [7, 11) is 0. The van der Waals surface area contributed by atoms with Crippen LogP contribution in [-0.4, -0.2) is 51.3 Å². The Kier molecular flexibility index (Phi) is 8.88. The molecule has 1 atom stereocenters. The van der Waals surface area contributed by atoms with Crippen LogP contribution in [0.5, 0.6) is 0 Å². The molecule has 0 aliphatic heterocycles. The summed E-state index contributed by atoms with van der Waals surface area (Å²) in [6, 6.07) is 10.0. The van der Waals surface area contributed by atoms with E-state index in [9.17, 15) is 14.7 Å². The van der Waals surface area contributed by atoms with E-state index in [1.54, 1.807) is 36.5 Å². The summed E-state index contributed by atoms with van der Waals surface area (Å²) in [6.45, 7) is -0.923. The van der Waals surface area contributed by atoms with Crippen LogP contribution in [-0.2, 0) is 4.79 Å². The first-order chi connectivity index (χ1) is 18.3. The zero-order valence-corrected chi connectivity index (χ0v) is 21.3. The molecule has 200 valence electrons. The van der Waals surface area contributed by atoms with Gasteiger partial charge in [-0.05, 0) is 55.5 Å². The first-order valence-electron chi connectivity index (χ1n) is 12.3. The van der Waals surface area contributed by atoms with Gasteiger partial charge in [-0.1, -0.05) is 29.8 Å². The molecule has 0 saturated heterocycles. The van der Waals surface area contributed by atoms with Crippen molar-refractivity contribution in [3.8, 4) is 11.3 Å². The third-order valence-electron chi connectivity index (χ3n) is 6.70. The second-order valence-electron chi connectivity index (χ2n) is 9.26. The van der Waals surface area contributed by atoms with Gasteiger partial charge in [-0.15, -0.1) is 0 Å². The number of amides is 2. The van der Waals surface area contributed by atoms with Crippen molar-refractivity contribution in [2.45, 2.75) is 43.7 Å². The molecule has 11 heteroatoms. The molecule has 1 aliphatic rings. The lowest BCUT2D eigenvalue weighted by Gasteiger charge is -2.28. The molecular weight excluding hydrogens is 513 g/mol. The number of nitrogen functional groups attached to an aromatic ring is 1. The lowest BCUT2D eigenvalue weighted by Crippen LogP contribution is -2.38. The lowest BCUT2D eigenvalue weighted by atomic mass is 9.84. The molecule has 1 heterocycles. The molecule has 1 fully saturated rings. The third kappa shape index (κ3) is 6.45. The molecule has 38 heavy (non-hydrogen) atoms. The minimum absolute atomic E-state index is 0.00389. The molecule has 6 N–H and O–H groups in total. The first kappa shape index (κ1) is 27.4. The first-order valence-corrected chi connectivity index (χ1v) is 12.7. The van der Waals surface area contributed by atoms with Gasteiger partial charge in [-0.2, -0.15) is 0 Å². The molecule has 0 bridgehead atoms. The number of rotatable bonds is 8. The third-order valence-corrected chi connectivity index (χ3v) is 6.93. The van der Waals surface area contributed by atoms with Crippen LogP contribution in [0.1, 0.15) is 59.3 Å². The standard InChI is InChI=1S/C27H29ClFN5O4/c28-18-3-1-2-16(10-18)23(13-35)34-27(38)20-9-6-17(11-21(20)29)25-26(30)31-12-22(33-25)15-4-7-19(8-5-15)32-24(37)14-36/h1-3,6,9-12,15,19,23,35-36H,4-5,7-8,13-14H2,(H2,30,31)(H,32,37)(H,34,38)/t15-,19-,23-/m1/s1. The molecule has 2 amide bonds. The minimum atomic E-state index is -0.769. The Hall–Kier alpha value is -3.60. The Labute approximate surface area is 224 Å². The summed E-state index contributed by atoms with van der Waals surface area (Å²) in [6.07, 6.45) is 4.61. The highest BCUT2D eigenvalue weighted by Gasteiger charge is 2.26. The number of carbonyl (C=O) groups is 2. The maximum atomic E-state index is 15.1. The fourth-order valence-corrected chi connectivity index (χ4v) is 4.87. The monoisotopic (exact) mass is 541 g/mol. The van der Waals surface area contributed by atoms with Crippen LogP contribution in [0.3, 0.4) is 0 Å². The number of hydrogen-bond donors (Lipinski definition) is 5. The molecule has 1 saturated carbocycles. The number of nitrogens with zero attached hydrogens (tertiary/aromatic N) is 2. The van der Waals surface area contributed by atoms with E-state index in [0.717, 1.165) is 31.4 Å².